The highest BCUT2D eigenvalue weighted by Gasteiger charge is 2.23. The number of carbonyl (C=O) groups is 2. The highest BCUT2D eigenvalue weighted by molar-refractivity contribution is 5.96. The summed E-state index contributed by atoms with van der Waals surface area (Å²) >= 11 is 0. The van der Waals surface area contributed by atoms with Crippen molar-refractivity contribution in [2.24, 2.45) is 0 Å². The molecule has 0 spiro atoms. The Morgan fingerprint density at radius 1 is 1.32 bits per heavy atom. The van der Waals surface area contributed by atoms with Crippen LogP contribution in [0.4, 0.5) is 4.39 Å². The van der Waals surface area contributed by atoms with Crippen molar-refractivity contribution in [1.29, 1.82) is 0 Å². The number of halogens is 1. The minimum Gasteiger partial charge on any atom is -0.468 e. The Labute approximate surface area is 112 Å². The second-order valence-corrected chi connectivity index (χ2v) is 4.27. The molecule has 0 unspecified atom stereocenters. The van der Waals surface area contributed by atoms with Crippen LogP contribution < -0.4 is 0 Å². The van der Waals surface area contributed by atoms with Gasteiger partial charge >= 0.3 is 5.97 Å². The highest BCUT2D eigenvalue weighted by Crippen LogP contribution is 2.12. The van der Waals surface area contributed by atoms with Gasteiger partial charge in [-0.25, -0.2) is 4.39 Å². The molecule has 19 heavy (non-hydrogen) atoms. The quantitative estimate of drug-likeness (QED) is 0.769. The molecule has 0 heterocycles. The number of benzene rings is 1. The molecule has 1 atom stereocenters. The van der Waals surface area contributed by atoms with E-state index in [-0.39, 0.29) is 18.5 Å². The fourth-order valence-corrected chi connectivity index (χ4v) is 1.61. The van der Waals surface area contributed by atoms with Gasteiger partial charge in [-0.15, -0.1) is 0 Å². The van der Waals surface area contributed by atoms with Gasteiger partial charge in [0, 0.05) is 11.6 Å². The summed E-state index contributed by atoms with van der Waals surface area (Å²) in [5.41, 5.74) is 0.352. The van der Waals surface area contributed by atoms with E-state index in [1.165, 1.54) is 36.3 Å². The van der Waals surface area contributed by atoms with Crippen LogP contribution in [0.3, 0.4) is 0 Å². The van der Waals surface area contributed by atoms with Gasteiger partial charge in [-0.2, -0.15) is 0 Å². The first kappa shape index (κ1) is 15.1. The lowest BCUT2D eigenvalue weighted by atomic mass is 10.1. The molecule has 0 saturated carbocycles. The van der Waals surface area contributed by atoms with Crippen molar-refractivity contribution in [3.63, 3.8) is 0 Å². The van der Waals surface area contributed by atoms with Crippen molar-refractivity contribution in [2.45, 2.75) is 26.3 Å². The lowest BCUT2D eigenvalue weighted by Crippen LogP contribution is -2.42. The number of esters is 1. The van der Waals surface area contributed by atoms with E-state index in [2.05, 4.69) is 4.74 Å². The van der Waals surface area contributed by atoms with Crippen LogP contribution in [0.1, 0.15) is 30.6 Å². The summed E-state index contributed by atoms with van der Waals surface area (Å²) in [5, 5.41) is 0. The van der Waals surface area contributed by atoms with Crippen LogP contribution in [-0.4, -0.2) is 36.5 Å². The normalized spacial score (nSPS) is 11.8. The van der Waals surface area contributed by atoms with Crippen molar-refractivity contribution >= 4 is 11.9 Å². The van der Waals surface area contributed by atoms with Gasteiger partial charge in [0.15, 0.2) is 0 Å². The van der Waals surface area contributed by atoms with Crippen LogP contribution in [0.15, 0.2) is 24.3 Å². The van der Waals surface area contributed by atoms with Gasteiger partial charge in [0.2, 0.25) is 0 Å². The minimum atomic E-state index is -0.476. The number of methoxy groups -OCH3 is 1. The molecule has 0 aliphatic heterocycles. The van der Waals surface area contributed by atoms with Crippen LogP contribution in [0.2, 0.25) is 0 Å². The molecular weight excluding hydrogens is 249 g/mol. The van der Waals surface area contributed by atoms with Crippen molar-refractivity contribution < 1.29 is 18.7 Å². The van der Waals surface area contributed by atoms with Crippen molar-refractivity contribution in [3.05, 3.63) is 35.6 Å². The number of amides is 1. The number of ether oxygens (including phenoxy) is 1. The van der Waals surface area contributed by atoms with E-state index in [0.29, 0.717) is 12.0 Å². The van der Waals surface area contributed by atoms with Crippen molar-refractivity contribution in [1.82, 2.24) is 4.90 Å². The SMILES string of the molecule is CC[C@H](C)N(CC(=O)OC)C(=O)c1ccc(F)cc1. The van der Waals surface area contributed by atoms with Crippen LogP contribution >= 0.6 is 0 Å². The van der Waals surface area contributed by atoms with Crippen molar-refractivity contribution in [2.75, 3.05) is 13.7 Å². The first-order valence-corrected chi connectivity index (χ1v) is 6.13. The smallest absolute Gasteiger partial charge is 0.325 e. The average molecular weight is 267 g/mol. The maximum Gasteiger partial charge on any atom is 0.325 e. The Hall–Kier alpha value is -1.91. The van der Waals surface area contributed by atoms with Gasteiger partial charge in [0.25, 0.3) is 5.91 Å². The molecule has 104 valence electrons. The monoisotopic (exact) mass is 267 g/mol. The molecule has 0 bridgehead atoms. The third kappa shape index (κ3) is 4.05. The second-order valence-electron chi connectivity index (χ2n) is 4.27. The Balaban J connectivity index is 2.93. The van der Waals surface area contributed by atoms with E-state index >= 15 is 0 Å². The Kier molecular flexibility index (Phi) is 5.48. The van der Waals surface area contributed by atoms with E-state index in [1.54, 1.807) is 0 Å². The van der Waals surface area contributed by atoms with Crippen LogP contribution in [0.5, 0.6) is 0 Å². The van der Waals surface area contributed by atoms with Crippen LogP contribution in [0.25, 0.3) is 0 Å². The molecular formula is C14H18FNO3. The molecule has 5 heteroatoms. The zero-order valence-electron chi connectivity index (χ0n) is 11.4. The summed E-state index contributed by atoms with van der Waals surface area (Å²) in [5.74, 6) is -1.19. The molecule has 0 aromatic heterocycles. The van der Waals surface area contributed by atoms with Crippen LogP contribution in [-0.2, 0) is 9.53 Å². The Morgan fingerprint density at radius 3 is 2.37 bits per heavy atom. The number of carbonyl (C=O) groups excluding carboxylic acids is 2. The average Bonchev–Trinajstić information content (AvgIpc) is 2.43. The Morgan fingerprint density at radius 2 is 1.89 bits per heavy atom. The van der Waals surface area contributed by atoms with E-state index in [1.807, 2.05) is 13.8 Å². The van der Waals surface area contributed by atoms with Crippen molar-refractivity contribution in [3.8, 4) is 0 Å². The maximum atomic E-state index is 12.8. The van der Waals surface area contributed by atoms with Gasteiger partial charge in [-0.3, -0.25) is 9.59 Å². The van der Waals surface area contributed by atoms with E-state index in [9.17, 15) is 14.0 Å². The van der Waals surface area contributed by atoms with Gasteiger partial charge in [-0.1, -0.05) is 6.92 Å². The summed E-state index contributed by atoms with van der Waals surface area (Å²) in [6.45, 7) is 3.67. The third-order valence-corrected chi connectivity index (χ3v) is 3.00. The topological polar surface area (TPSA) is 46.6 Å². The fraction of sp³-hybridized carbons (Fsp3) is 0.429. The molecule has 0 saturated heterocycles. The minimum absolute atomic E-state index is 0.100. The first-order chi connectivity index (χ1) is 8.99. The molecule has 0 aliphatic rings. The van der Waals surface area contributed by atoms with Gasteiger partial charge in [0.05, 0.1) is 7.11 Å². The summed E-state index contributed by atoms with van der Waals surface area (Å²) in [6, 6.07) is 5.16. The number of rotatable bonds is 5. The molecule has 1 aromatic rings. The number of nitrogens with zero attached hydrogens (tertiary/aromatic N) is 1. The summed E-state index contributed by atoms with van der Waals surface area (Å²) in [7, 11) is 1.28. The number of hydrogen-bond acceptors (Lipinski definition) is 3. The maximum absolute atomic E-state index is 12.8. The zero-order valence-corrected chi connectivity index (χ0v) is 11.4. The molecule has 0 fully saturated rings. The summed E-state index contributed by atoms with van der Waals surface area (Å²) in [6.07, 6.45) is 0.712. The van der Waals surface area contributed by atoms with E-state index in [4.69, 9.17) is 0 Å². The first-order valence-electron chi connectivity index (χ1n) is 6.13. The van der Waals surface area contributed by atoms with Gasteiger partial charge in [-0.05, 0) is 37.6 Å². The molecule has 1 amide bonds. The highest BCUT2D eigenvalue weighted by atomic mass is 19.1. The predicted molar refractivity (Wildman–Crippen MR) is 69.2 cm³/mol. The van der Waals surface area contributed by atoms with Gasteiger partial charge < -0.3 is 9.64 Å². The lowest BCUT2D eigenvalue weighted by molar-refractivity contribution is -0.141. The van der Waals surface area contributed by atoms with Gasteiger partial charge in [0.1, 0.15) is 12.4 Å². The molecule has 1 rings (SSSR count). The standard InChI is InChI=1S/C14H18FNO3/c1-4-10(2)16(9-13(17)19-3)14(18)11-5-7-12(15)8-6-11/h5-8,10H,4,9H2,1-3H3/t10-/m0/s1. The molecule has 1 aromatic carbocycles. The molecule has 0 N–H and O–H groups in total. The third-order valence-electron chi connectivity index (χ3n) is 3.00. The predicted octanol–water partition coefficient (Wildman–Crippen LogP) is 2.24. The van der Waals surface area contributed by atoms with E-state index in [0.717, 1.165) is 0 Å². The Bertz CT molecular complexity index is 445. The van der Waals surface area contributed by atoms with Crippen LogP contribution in [0, 0.1) is 5.82 Å². The lowest BCUT2D eigenvalue weighted by Gasteiger charge is -2.27. The molecule has 0 radical (unpaired) electrons. The number of hydrogen-bond donors (Lipinski definition) is 0. The fourth-order valence-electron chi connectivity index (χ4n) is 1.61. The van der Waals surface area contributed by atoms with E-state index < -0.39 is 11.8 Å². The summed E-state index contributed by atoms with van der Waals surface area (Å²) in [4.78, 5) is 25.1. The zero-order chi connectivity index (χ0) is 14.4. The molecule has 0 aliphatic carbocycles. The molecule has 4 nitrogen and oxygen atoms in total. The largest absolute Gasteiger partial charge is 0.468 e. The second kappa shape index (κ2) is 6.87. The summed E-state index contributed by atoms with van der Waals surface area (Å²) < 4.78 is 17.4.